The van der Waals surface area contributed by atoms with Crippen molar-refractivity contribution in [2.24, 2.45) is 0 Å². The molecule has 1 nitrogen and oxygen atoms in total. The number of rotatable bonds is 2. The molecule has 1 aromatic rings. The molecule has 0 saturated carbocycles. The third-order valence-electron chi connectivity index (χ3n) is 1.44. The Kier molecular flexibility index (Phi) is 2.63. The van der Waals surface area contributed by atoms with Crippen LogP contribution in [0.3, 0.4) is 0 Å². The normalized spacial score (nSPS) is 10.0. The minimum Gasteiger partial charge on any atom is -0.491 e. The van der Waals surface area contributed by atoms with Crippen LogP contribution in [-0.4, -0.2) is 6.61 Å². The van der Waals surface area contributed by atoms with Gasteiger partial charge >= 0.3 is 0 Å². The Hall–Kier alpha value is -1.12. The molecule has 0 aromatic heterocycles. The van der Waals surface area contributed by atoms with Crippen molar-refractivity contribution in [3.05, 3.63) is 29.3 Å². The fourth-order valence-corrected chi connectivity index (χ4v) is 0.953. The van der Waals surface area contributed by atoms with Crippen molar-refractivity contribution in [3.8, 4) is 5.75 Å². The standard InChI is InChI=1S/C9H10F2O/c1-3-12-8-5-6(2)4-7(10)9(8)11/h4-5H,3H2,1-2H3. The Morgan fingerprint density at radius 3 is 2.58 bits per heavy atom. The molecule has 0 aliphatic carbocycles. The van der Waals surface area contributed by atoms with Gasteiger partial charge < -0.3 is 4.74 Å². The summed E-state index contributed by atoms with van der Waals surface area (Å²) in [7, 11) is 0. The van der Waals surface area contributed by atoms with Crippen molar-refractivity contribution in [3.63, 3.8) is 0 Å². The molecule has 12 heavy (non-hydrogen) atoms. The smallest absolute Gasteiger partial charge is 0.200 e. The molecule has 3 heteroatoms. The molecule has 0 saturated heterocycles. The first kappa shape index (κ1) is 8.97. The molecular formula is C9H10F2O. The molecule has 0 atom stereocenters. The third kappa shape index (κ3) is 1.72. The van der Waals surface area contributed by atoms with Gasteiger partial charge in [-0.1, -0.05) is 0 Å². The zero-order valence-electron chi connectivity index (χ0n) is 7.03. The van der Waals surface area contributed by atoms with E-state index in [0.29, 0.717) is 12.2 Å². The quantitative estimate of drug-likeness (QED) is 0.666. The van der Waals surface area contributed by atoms with Gasteiger partial charge in [0.25, 0.3) is 0 Å². The average molecular weight is 172 g/mol. The van der Waals surface area contributed by atoms with Crippen LogP contribution in [-0.2, 0) is 0 Å². The van der Waals surface area contributed by atoms with E-state index in [9.17, 15) is 8.78 Å². The predicted octanol–water partition coefficient (Wildman–Crippen LogP) is 2.67. The van der Waals surface area contributed by atoms with Crippen LogP contribution in [0.2, 0.25) is 0 Å². The minimum atomic E-state index is -0.914. The van der Waals surface area contributed by atoms with Crippen LogP contribution in [0.4, 0.5) is 8.78 Å². The van der Waals surface area contributed by atoms with Gasteiger partial charge in [0.1, 0.15) is 0 Å². The molecule has 1 rings (SSSR count). The number of hydrogen-bond acceptors (Lipinski definition) is 1. The van der Waals surface area contributed by atoms with Crippen LogP contribution in [0, 0.1) is 18.6 Å². The molecule has 0 N–H and O–H groups in total. The lowest BCUT2D eigenvalue weighted by Gasteiger charge is -2.05. The van der Waals surface area contributed by atoms with Gasteiger partial charge in [0.15, 0.2) is 11.6 Å². The highest BCUT2D eigenvalue weighted by molar-refractivity contribution is 5.30. The summed E-state index contributed by atoms with van der Waals surface area (Å²) >= 11 is 0. The molecule has 0 radical (unpaired) electrons. The van der Waals surface area contributed by atoms with E-state index in [1.165, 1.54) is 6.07 Å². The zero-order chi connectivity index (χ0) is 9.14. The summed E-state index contributed by atoms with van der Waals surface area (Å²) in [5.74, 6) is -1.80. The van der Waals surface area contributed by atoms with Crippen molar-refractivity contribution < 1.29 is 13.5 Å². The van der Waals surface area contributed by atoms with Crippen LogP contribution < -0.4 is 4.74 Å². The van der Waals surface area contributed by atoms with E-state index in [0.717, 1.165) is 6.07 Å². The summed E-state index contributed by atoms with van der Waals surface area (Å²) in [6, 6.07) is 2.61. The van der Waals surface area contributed by atoms with Gasteiger partial charge in [0, 0.05) is 0 Å². The van der Waals surface area contributed by atoms with Crippen molar-refractivity contribution in [1.29, 1.82) is 0 Å². The second kappa shape index (κ2) is 3.52. The summed E-state index contributed by atoms with van der Waals surface area (Å²) < 4.78 is 30.5. The van der Waals surface area contributed by atoms with Crippen LogP contribution in [0.1, 0.15) is 12.5 Å². The lowest BCUT2D eigenvalue weighted by molar-refractivity contribution is 0.313. The first-order valence-electron chi connectivity index (χ1n) is 3.73. The van der Waals surface area contributed by atoms with E-state index >= 15 is 0 Å². The van der Waals surface area contributed by atoms with Crippen molar-refractivity contribution >= 4 is 0 Å². The van der Waals surface area contributed by atoms with Crippen molar-refractivity contribution in [2.45, 2.75) is 13.8 Å². The highest BCUT2D eigenvalue weighted by Gasteiger charge is 2.09. The Morgan fingerprint density at radius 2 is 2.00 bits per heavy atom. The summed E-state index contributed by atoms with van der Waals surface area (Å²) in [5.41, 5.74) is 0.650. The highest BCUT2D eigenvalue weighted by atomic mass is 19.2. The second-order valence-electron chi connectivity index (χ2n) is 2.49. The zero-order valence-corrected chi connectivity index (χ0v) is 7.03. The average Bonchev–Trinajstić information content (AvgIpc) is 2.00. The van der Waals surface area contributed by atoms with Gasteiger partial charge in [0.2, 0.25) is 5.82 Å². The van der Waals surface area contributed by atoms with Crippen LogP contribution in [0.25, 0.3) is 0 Å². The molecule has 66 valence electrons. The highest BCUT2D eigenvalue weighted by Crippen LogP contribution is 2.21. The first-order valence-corrected chi connectivity index (χ1v) is 3.73. The third-order valence-corrected chi connectivity index (χ3v) is 1.44. The van der Waals surface area contributed by atoms with Gasteiger partial charge in [-0.2, -0.15) is 4.39 Å². The Bertz CT molecular complexity index is 284. The van der Waals surface area contributed by atoms with Gasteiger partial charge in [-0.15, -0.1) is 0 Å². The topological polar surface area (TPSA) is 9.23 Å². The summed E-state index contributed by atoms with van der Waals surface area (Å²) in [6.07, 6.45) is 0. The SMILES string of the molecule is CCOc1cc(C)cc(F)c1F. The summed E-state index contributed by atoms with van der Waals surface area (Å²) in [6.45, 7) is 3.74. The fraction of sp³-hybridized carbons (Fsp3) is 0.333. The number of benzene rings is 1. The maximum absolute atomic E-state index is 12.9. The van der Waals surface area contributed by atoms with Crippen LogP contribution in [0.5, 0.6) is 5.75 Å². The van der Waals surface area contributed by atoms with E-state index in [2.05, 4.69) is 0 Å². The van der Waals surface area contributed by atoms with Crippen LogP contribution in [0.15, 0.2) is 12.1 Å². The number of hydrogen-bond donors (Lipinski definition) is 0. The molecule has 0 aliphatic rings. The van der Waals surface area contributed by atoms with Crippen molar-refractivity contribution in [1.82, 2.24) is 0 Å². The molecule has 0 unspecified atom stereocenters. The van der Waals surface area contributed by atoms with E-state index in [4.69, 9.17) is 4.74 Å². The Morgan fingerprint density at radius 1 is 1.33 bits per heavy atom. The van der Waals surface area contributed by atoms with Crippen LogP contribution >= 0.6 is 0 Å². The molecule has 0 bridgehead atoms. The fourth-order valence-electron chi connectivity index (χ4n) is 0.953. The van der Waals surface area contributed by atoms with Gasteiger partial charge in [-0.05, 0) is 31.5 Å². The Balaban J connectivity index is 3.09. The number of aryl methyl sites for hydroxylation is 1. The molecule has 1 aromatic carbocycles. The summed E-state index contributed by atoms with van der Waals surface area (Å²) in [5, 5.41) is 0. The maximum Gasteiger partial charge on any atom is 0.200 e. The van der Waals surface area contributed by atoms with Gasteiger partial charge in [0.05, 0.1) is 6.61 Å². The lowest BCUT2D eigenvalue weighted by atomic mass is 10.2. The van der Waals surface area contributed by atoms with E-state index in [-0.39, 0.29) is 5.75 Å². The maximum atomic E-state index is 12.9. The van der Waals surface area contributed by atoms with Gasteiger partial charge in [-0.3, -0.25) is 0 Å². The minimum absolute atomic E-state index is 0.0185. The molecule has 0 fully saturated rings. The van der Waals surface area contributed by atoms with E-state index < -0.39 is 11.6 Å². The Labute approximate surface area is 70.0 Å². The molecule has 0 amide bonds. The first-order chi connectivity index (χ1) is 5.65. The lowest BCUT2D eigenvalue weighted by Crippen LogP contribution is -1.97. The molecule has 0 aliphatic heterocycles. The van der Waals surface area contributed by atoms with Crippen molar-refractivity contribution in [2.75, 3.05) is 6.61 Å². The summed E-state index contributed by atoms with van der Waals surface area (Å²) in [4.78, 5) is 0. The molecule has 0 heterocycles. The molecular weight excluding hydrogens is 162 g/mol. The second-order valence-corrected chi connectivity index (χ2v) is 2.49. The predicted molar refractivity (Wildman–Crippen MR) is 42.3 cm³/mol. The largest absolute Gasteiger partial charge is 0.491 e. The van der Waals surface area contributed by atoms with E-state index in [1.54, 1.807) is 13.8 Å². The van der Waals surface area contributed by atoms with E-state index in [1.807, 2.05) is 0 Å². The monoisotopic (exact) mass is 172 g/mol. The molecule has 0 spiro atoms. The van der Waals surface area contributed by atoms with Gasteiger partial charge in [-0.25, -0.2) is 4.39 Å². The number of ether oxygens (including phenoxy) is 1. The number of halogens is 2.